The van der Waals surface area contributed by atoms with E-state index in [1.165, 1.54) is 20.0 Å². The van der Waals surface area contributed by atoms with Gasteiger partial charge in [-0.05, 0) is 34.2 Å². The molecule has 0 saturated heterocycles. The van der Waals surface area contributed by atoms with Crippen LogP contribution in [0.15, 0.2) is 60.8 Å². The van der Waals surface area contributed by atoms with Crippen molar-refractivity contribution in [2.45, 2.75) is 19.9 Å². The Kier molecular flexibility index (Phi) is 6.00. The highest BCUT2D eigenvalue weighted by Crippen LogP contribution is 2.23. The Bertz CT molecular complexity index is 750. The van der Waals surface area contributed by atoms with E-state index in [-0.39, 0.29) is 6.42 Å². The maximum Gasteiger partial charge on any atom is 0.303 e. The number of fused-ring (bicyclic) bond motifs is 1. The number of halogens is 1. The number of aromatic nitrogens is 1. The number of carbonyl (C=O) groups is 1. The zero-order valence-electron chi connectivity index (χ0n) is 12.4. The van der Waals surface area contributed by atoms with Crippen molar-refractivity contribution in [1.29, 1.82) is 0 Å². The Morgan fingerprint density at radius 1 is 1.09 bits per heavy atom. The number of para-hydroxylation sites is 1. The first-order valence-corrected chi connectivity index (χ1v) is 8.18. The first kappa shape index (κ1) is 16.5. The molecule has 3 rings (SSSR count). The van der Waals surface area contributed by atoms with Crippen molar-refractivity contribution in [3.05, 3.63) is 69.9 Å². The summed E-state index contributed by atoms with van der Waals surface area (Å²) in [5.74, 6) is -0.745. The molecule has 22 heavy (non-hydrogen) atoms. The molecule has 0 aliphatic carbocycles. The first-order valence-electron chi connectivity index (χ1n) is 7.11. The standard InChI is InChI=1S/C15H12IN.C3H6O2/c16-14-11-17(10-12-6-2-1-3-7-12)15-9-5-4-8-13(14)15;1-2-3(4)5/h1-9,11H,10H2;2H2,1H3,(H,4,5). The largest absolute Gasteiger partial charge is 0.481 e. The molecule has 0 amide bonds. The van der Waals surface area contributed by atoms with Gasteiger partial charge in [0, 0.05) is 33.6 Å². The van der Waals surface area contributed by atoms with Crippen molar-refractivity contribution in [3.8, 4) is 0 Å². The molecular formula is C18H18INO2. The maximum atomic E-state index is 9.37. The highest BCUT2D eigenvalue weighted by atomic mass is 127. The van der Waals surface area contributed by atoms with Crippen LogP contribution in [0.4, 0.5) is 0 Å². The molecule has 0 fully saturated rings. The molecule has 1 aromatic heterocycles. The fraction of sp³-hybridized carbons (Fsp3) is 0.167. The van der Waals surface area contributed by atoms with Gasteiger partial charge in [-0.15, -0.1) is 0 Å². The van der Waals surface area contributed by atoms with Gasteiger partial charge in [0.15, 0.2) is 0 Å². The monoisotopic (exact) mass is 407 g/mol. The van der Waals surface area contributed by atoms with Gasteiger partial charge < -0.3 is 9.67 Å². The summed E-state index contributed by atoms with van der Waals surface area (Å²) in [4.78, 5) is 9.37. The summed E-state index contributed by atoms with van der Waals surface area (Å²) in [5.41, 5.74) is 2.64. The van der Waals surface area contributed by atoms with E-state index in [1.54, 1.807) is 6.92 Å². The van der Waals surface area contributed by atoms with Gasteiger partial charge in [-0.1, -0.05) is 55.5 Å². The predicted molar refractivity (Wildman–Crippen MR) is 98.1 cm³/mol. The Hall–Kier alpha value is -1.82. The highest BCUT2D eigenvalue weighted by molar-refractivity contribution is 14.1. The van der Waals surface area contributed by atoms with E-state index in [0.29, 0.717) is 0 Å². The second-order valence-corrected chi connectivity index (χ2v) is 6.02. The normalized spacial score (nSPS) is 10.1. The minimum Gasteiger partial charge on any atom is -0.481 e. The topological polar surface area (TPSA) is 42.2 Å². The summed E-state index contributed by atoms with van der Waals surface area (Å²) in [7, 11) is 0. The summed E-state index contributed by atoms with van der Waals surface area (Å²) in [6.07, 6.45) is 2.44. The van der Waals surface area contributed by atoms with E-state index >= 15 is 0 Å². The van der Waals surface area contributed by atoms with Gasteiger partial charge in [0.05, 0.1) is 0 Å². The van der Waals surface area contributed by atoms with E-state index in [1.807, 2.05) is 0 Å². The van der Waals surface area contributed by atoms with Crippen molar-refractivity contribution in [2.24, 2.45) is 0 Å². The number of rotatable bonds is 3. The molecule has 0 saturated carbocycles. The Labute approximate surface area is 143 Å². The van der Waals surface area contributed by atoms with Crippen LogP contribution in [0.25, 0.3) is 10.9 Å². The van der Waals surface area contributed by atoms with E-state index < -0.39 is 5.97 Å². The molecule has 1 N–H and O–H groups in total. The molecule has 4 heteroatoms. The first-order chi connectivity index (χ1) is 10.6. The molecule has 3 aromatic rings. The van der Waals surface area contributed by atoms with Crippen LogP contribution in [0.5, 0.6) is 0 Å². The molecular weight excluding hydrogens is 389 g/mol. The average Bonchev–Trinajstić information content (AvgIpc) is 2.86. The molecule has 0 radical (unpaired) electrons. The van der Waals surface area contributed by atoms with Gasteiger partial charge in [-0.3, -0.25) is 4.79 Å². The molecule has 0 atom stereocenters. The Balaban J connectivity index is 0.000000309. The van der Waals surface area contributed by atoms with Gasteiger partial charge in [0.2, 0.25) is 0 Å². The lowest BCUT2D eigenvalue weighted by molar-refractivity contribution is -0.136. The summed E-state index contributed by atoms with van der Waals surface area (Å²) in [5, 5.41) is 9.06. The lowest BCUT2D eigenvalue weighted by atomic mass is 10.2. The zero-order chi connectivity index (χ0) is 15.9. The summed E-state index contributed by atoms with van der Waals surface area (Å²) in [6.45, 7) is 2.53. The SMILES string of the molecule is CCC(=O)O.Ic1cn(Cc2ccccc2)c2ccccc12. The van der Waals surface area contributed by atoms with Gasteiger partial charge >= 0.3 is 5.97 Å². The summed E-state index contributed by atoms with van der Waals surface area (Å²) in [6, 6.07) is 19.1. The van der Waals surface area contributed by atoms with Crippen LogP contribution < -0.4 is 0 Å². The lowest BCUT2D eigenvalue weighted by Crippen LogP contribution is -1.97. The number of carboxylic acids is 1. The number of benzene rings is 2. The maximum absolute atomic E-state index is 9.37. The number of hydrogen-bond donors (Lipinski definition) is 1. The van der Waals surface area contributed by atoms with Crippen molar-refractivity contribution < 1.29 is 9.90 Å². The third-order valence-electron chi connectivity index (χ3n) is 3.24. The van der Waals surface area contributed by atoms with Crippen LogP contribution in [-0.2, 0) is 11.3 Å². The van der Waals surface area contributed by atoms with Crippen LogP contribution in [0.3, 0.4) is 0 Å². The number of carboxylic acid groups (broad SMARTS) is 1. The summed E-state index contributed by atoms with van der Waals surface area (Å²) < 4.78 is 3.63. The minimum absolute atomic E-state index is 0.222. The highest BCUT2D eigenvalue weighted by Gasteiger charge is 2.05. The van der Waals surface area contributed by atoms with E-state index in [0.717, 1.165) is 6.54 Å². The number of hydrogen-bond acceptors (Lipinski definition) is 1. The summed E-state index contributed by atoms with van der Waals surface area (Å²) >= 11 is 2.40. The molecule has 0 spiro atoms. The van der Waals surface area contributed by atoms with Gasteiger partial charge in [0.1, 0.15) is 0 Å². The molecule has 0 bridgehead atoms. The van der Waals surface area contributed by atoms with Gasteiger partial charge in [-0.2, -0.15) is 0 Å². The zero-order valence-corrected chi connectivity index (χ0v) is 14.5. The van der Waals surface area contributed by atoms with Crippen molar-refractivity contribution in [2.75, 3.05) is 0 Å². The molecule has 3 nitrogen and oxygen atoms in total. The van der Waals surface area contributed by atoms with E-state index in [2.05, 4.69) is 88.0 Å². The van der Waals surface area contributed by atoms with E-state index in [9.17, 15) is 4.79 Å². The van der Waals surface area contributed by atoms with Crippen molar-refractivity contribution >= 4 is 39.5 Å². The lowest BCUT2D eigenvalue weighted by Gasteiger charge is -2.04. The van der Waals surface area contributed by atoms with Crippen LogP contribution in [0.2, 0.25) is 0 Å². The fourth-order valence-corrected chi connectivity index (χ4v) is 2.91. The quantitative estimate of drug-likeness (QED) is 0.636. The van der Waals surface area contributed by atoms with Gasteiger partial charge in [0.25, 0.3) is 0 Å². The molecule has 114 valence electrons. The number of nitrogens with zero attached hydrogens (tertiary/aromatic N) is 1. The Morgan fingerprint density at radius 3 is 2.32 bits per heavy atom. The van der Waals surface area contributed by atoms with Crippen LogP contribution in [-0.4, -0.2) is 15.6 Å². The smallest absolute Gasteiger partial charge is 0.303 e. The van der Waals surface area contributed by atoms with E-state index in [4.69, 9.17) is 5.11 Å². The predicted octanol–water partition coefficient (Wildman–Crippen LogP) is 4.78. The number of aliphatic carboxylic acids is 1. The molecule has 2 aromatic carbocycles. The van der Waals surface area contributed by atoms with Crippen molar-refractivity contribution in [3.63, 3.8) is 0 Å². The van der Waals surface area contributed by atoms with Crippen molar-refractivity contribution in [1.82, 2.24) is 4.57 Å². The molecule has 0 unspecified atom stereocenters. The molecule has 0 aliphatic rings. The van der Waals surface area contributed by atoms with Crippen LogP contribution >= 0.6 is 22.6 Å². The molecule has 0 aliphatic heterocycles. The van der Waals surface area contributed by atoms with Gasteiger partial charge in [-0.25, -0.2) is 0 Å². The Morgan fingerprint density at radius 2 is 1.68 bits per heavy atom. The second-order valence-electron chi connectivity index (χ2n) is 4.85. The third-order valence-corrected chi connectivity index (χ3v) is 4.10. The second kappa shape index (κ2) is 7.98. The fourth-order valence-electron chi connectivity index (χ4n) is 2.11. The third kappa shape index (κ3) is 4.34. The minimum atomic E-state index is -0.745. The molecule has 1 heterocycles. The van der Waals surface area contributed by atoms with Crippen LogP contribution in [0.1, 0.15) is 18.9 Å². The average molecular weight is 407 g/mol. The van der Waals surface area contributed by atoms with Crippen LogP contribution in [0, 0.1) is 3.57 Å².